The minimum atomic E-state index is 0.680. The lowest BCUT2D eigenvalue weighted by atomic mass is 10.0. The molecule has 3 N–H and O–H groups in total. The summed E-state index contributed by atoms with van der Waals surface area (Å²) in [5, 5.41) is 16.3. The fourth-order valence-electron chi connectivity index (χ4n) is 3.51. The van der Waals surface area contributed by atoms with Crippen molar-refractivity contribution in [2.45, 2.75) is 13.3 Å². The second-order valence-corrected chi connectivity index (χ2v) is 7.61. The van der Waals surface area contributed by atoms with E-state index in [4.69, 9.17) is 9.97 Å². The highest BCUT2D eigenvalue weighted by Gasteiger charge is 2.17. The second kappa shape index (κ2) is 8.51. The lowest BCUT2D eigenvalue weighted by Gasteiger charge is -2.18. The SMILES string of the molecule is CNc1nc(-c2cccc3ccccc23)nc(Nc2cc(C)[nH]n2)c1CCN(C)C. The van der Waals surface area contributed by atoms with E-state index in [1.54, 1.807) is 0 Å². The number of hydrogen-bond donors (Lipinski definition) is 3. The Kier molecular flexibility index (Phi) is 5.63. The van der Waals surface area contributed by atoms with Crippen molar-refractivity contribution in [3.05, 3.63) is 59.8 Å². The third kappa shape index (κ3) is 4.11. The van der Waals surface area contributed by atoms with Crippen molar-refractivity contribution in [3.8, 4) is 11.4 Å². The molecular formula is C23H27N7. The van der Waals surface area contributed by atoms with Crippen molar-refractivity contribution in [1.82, 2.24) is 25.1 Å². The molecule has 0 spiro atoms. The van der Waals surface area contributed by atoms with Gasteiger partial charge < -0.3 is 15.5 Å². The quantitative estimate of drug-likeness (QED) is 0.430. The maximum absolute atomic E-state index is 4.95. The van der Waals surface area contributed by atoms with Crippen molar-refractivity contribution in [3.63, 3.8) is 0 Å². The summed E-state index contributed by atoms with van der Waals surface area (Å²) in [7, 11) is 6.03. The van der Waals surface area contributed by atoms with Gasteiger partial charge in [-0.2, -0.15) is 5.10 Å². The van der Waals surface area contributed by atoms with Crippen LogP contribution in [0.3, 0.4) is 0 Å². The number of aromatic amines is 1. The molecule has 0 aliphatic rings. The third-order valence-corrected chi connectivity index (χ3v) is 5.04. The molecule has 154 valence electrons. The molecule has 4 rings (SSSR count). The predicted octanol–water partition coefficient (Wildman–Crippen LogP) is 4.22. The van der Waals surface area contributed by atoms with Gasteiger partial charge in [0.25, 0.3) is 0 Å². The van der Waals surface area contributed by atoms with Gasteiger partial charge in [-0.05, 0) is 38.2 Å². The first kappa shape index (κ1) is 19.8. The highest BCUT2D eigenvalue weighted by atomic mass is 15.2. The van der Waals surface area contributed by atoms with E-state index >= 15 is 0 Å². The molecule has 7 heteroatoms. The lowest BCUT2D eigenvalue weighted by Crippen LogP contribution is -2.17. The first-order valence-corrected chi connectivity index (χ1v) is 10.1. The molecule has 0 aliphatic heterocycles. The molecule has 0 aliphatic carbocycles. The van der Waals surface area contributed by atoms with E-state index in [9.17, 15) is 0 Å². The molecule has 0 fully saturated rings. The minimum absolute atomic E-state index is 0.680. The second-order valence-electron chi connectivity index (χ2n) is 7.61. The molecule has 2 heterocycles. The molecule has 0 bridgehead atoms. The molecule has 4 aromatic rings. The van der Waals surface area contributed by atoms with Gasteiger partial charge >= 0.3 is 0 Å². The number of anilines is 3. The molecule has 2 aromatic carbocycles. The zero-order valence-corrected chi connectivity index (χ0v) is 17.8. The number of fused-ring (bicyclic) bond motifs is 1. The summed E-state index contributed by atoms with van der Waals surface area (Å²) in [5.74, 6) is 3.01. The Labute approximate surface area is 176 Å². The number of aromatic nitrogens is 4. The minimum Gasteiger partial charge on any atom is -0.373 e. The molecule has 30 heavy (non-hydrogen) atoms. The highest BCUT2D eigenvalue weighted by molar-refractivity contribution is 5.95. The Bertz CT molecular complexity index is 1160. The van der Waals surface area contributed by atoms with E-state index in [1.165, 1.54) is 5.39 Å². The van der Waals surface area contributed by atoms with Crippen LogP contribution >= 0.6 is 0 Å². The number of benzene rings is 2. The Hall–Kier alpha value is -3.45. The molecule has 0 unspecified atom stereocenters. The van der Waals surface area contributed by atoms with Crippen LogP contribution in [0.5, 0.6) is 0 Å². The van der Waals surface area contributed by atoms with Gasteiger partial charge in [0.2, 0.25) is 0 Å². The number of nitrogens with one attached hydrogen (secondary N) is 3. The van der Waals surface area contributed by atoms with E-state index in [1.807, 2.05) is 38.2 Å². The Morgan fingerprint density at radius 3 is 2.50 bits per heavy atom. The van der Waals surface area contributed by atoms with Crippen LogP contribution in [0.1, 0.15) is 11.3 Å². The highest BCUT2D eigenvalue weighted by Crippen LogP contribution is 2.31. The van der Waals surface area contributed by atoms with Gasteiger partial charge in [0.1, 0.15) is 11.6 Å². The summed E-state index contributed by atoms with van der Waals surface area (Å²) in [6.07, 6.45) is 0.810. The summed E-state index contributed by atoms with van der Waals surface area (Å²) >= 11 is 0. The van der Waals surface area contributed by atoms with Crippen molar-refractivity contribution in [1.29, 1.82) is 0 Å². The molecule has 7 nitrogen and oxygen atoms in total. The smallest absolute Gasteiger partial charge is 0.164 e. The summed E-state index contributed by atoms with van der Waals surface area (Å²) in [5.41, 5.74) is 3.03. The summed E-state index contributed by atoms with van der Waals surface area (Å²) in [6.45, 7) is 2.87. The third-order valence-electron chi connectivity index (χ3n) is 5.04. The topological polar surface area (TPSA) is 81.8 Å². The van der Waals surface area contributed by atoms with Crippen LogP contribution < -0.4 is 10.6 Å². The lowest BCUT2D eigenvalue weighted by molar-refractivity contribution is 0.414. The van der Waals surface area contributed by atoms with Gasteiger partial charge in [0.05, 0.1) is 0 Å². The summed E-state index contributed by atoms with van der Waals surface area (Å²) < 4.78 is 0. The van der Waals surface area contributed by atoms with Gasteiger partial charge in [0.15, 0.2) is 11.6 Å². The maximum atomic E-state index is 4.95. The van der Waals surface area contributed by atoms with Crippen molar-refractivity contribution in [2.75, 3.05) is 38.3 Å². The van der Waals surface area contributed by atoms with Crippen LogP contribution in [0, 0.1) is 6.92 Å². The van der Waals surface area contributed by atoms with Crippen molar-refractivity contribution < 1.29 is 0 Å². The normalized spacial score (nSPS) is 11.2. The Morgan fingerprint density at radius 1 is 1.00 bits per heavy atom. The number of H-pyrrole nitrogens is 1. The molecule has 0 saturated carbocycles. The van der Waals surface area contributed by atoms with Crippen molar-refractivity contribution >= 4 is 28.2 Å². The van der Waals surface area contributed by atoms with Crippen LogP contribution in [0.25, 0.3) is 22.2 Å². The van der Waals surface area contributed by atoms with Gasteiger partial charge in [-0.1, -0.05) is 42.5 Å². The van der Waals surface area contributed by atoms with Crippen LogP contribution in [0.4, 0.5) is 17.5 Å². The van der Waals surface area contributed by atoms with E-state index in [0.29, 0.717) is 5.82 Å². The first-order chi connectivity index (χ1) is 14.5. The standard InChI is InChI=1S/C23H27N7/c1-15-14-20(29-28-15)25-23-19(12-13-30(3)4)21(24-2)26-22(27-23)18-11-7-9-16-8-5-6-10-17(16)18/h5-11,14H,12-13H2,1-4H3,(H3,24,25,26,27,28,29). The molecule has 0 saturated heterocycles. The zero-order valence-electron chi connectivity index (χ0n) is 17.8. The Balaban J connectivity index is 1.86. The van der Waals surface area contributed by atoms with E-state index < -0.39 is 0 Å². The van der Waals surface area contributed by atoms with E-state index in [0.717, 1.165) is 52.6 Å². The Morgan fingerprint density at radius 2 is 1.77 bits per heavy atom. The van der Waals surface area contributed by atoms with E-state index in [2.05, 4.69) is 64.1 Å². The fraction of sp³-hybridized carbons (Fsp3) is 0.261. The van der Waals surface area contributed by atoms with Crippen LogP contribution in [-0.2, 0) is 6.42 Å². The predicted molar refractivity (Wildman–Crippen MR) is 123 cm³/mol. The number of nitrogens with zero attached hydrogens (tertiary/aromatic N) is 4. The van der Waals surface area contributed by atoms with Gasteiger partial charge in [-0.25, -0.2) is 9.97 Å². The number of likely N-dealkylation sites (N-methyl/N-ethyl adjacent to an activating group) is 1. The molecule has 0 atom stereocenters. The molecule has 2 aromatic heterocycles. The molecule has 0 amide bonds. The van der Waals surface area contributed by atoms with Gasteiger partial charge in [-0.3, -0.25) is 5.10 Å². The van der Waals surface area contributed by atoms with Crippen LogP contribution in [0.15, 0.2) is 48.5 Å². The van der Waals surface area contributed by atoms with Crippen molar-refractivity contribution in [2.24, 2.45) is 0 Å². The molecular weight excluding hydrogens is 374 g/mol. The fourth-order valence-corrected chi connectivity index (χ4v) is 3.51. The summed E-state index contributed by atoms with van der Waals surface area (Å²) in [4.78, 5) is 12.0. The van der Waals surface area contributed by atoms with E-state index in [-0.39, 0.29) is 0 Å². The average Bonchev–Trinajstić information content (AvgIpc) is 3.16. The van der Waals surface area contributed by atoms with Gasteiger partial charge in [-0.15, -0.1) is 0 Å². The maximum Gasteiger partial charge on any atom is 0.164 e. The summed E-state index contributed by atoms with van der Waals surface area (Å²) in [6, 6.07) is 16.5. The average molecular weight is 402 g/mol. The largest absolute Gasteiger partial charge is 0.373 e. The number of aryl methyl sites for hydroxylation is 1. The first-order valence-electron chi connectivity index (χ1n) is 10.1. The monoisotopic (exact) mass is 401 g/mol. The molecule has 0 radical (unpaired) electrons. The zero-order chi connectivity index (χ0) is 21.1. The van der Waals surface area contributed by atoms with Crippen LogP contribution in [-0.4, -0.2) is 52.8 Å². The number of rotatable bonds is 7. The number of hydrogen-bond acceptors (Lipinski definition) is 6. The van der Waals surface area contributed by atoms with Gasteiger partial charge in [0, 0.05) is 36.5 Å². The van der Waals surface area contributed by atoms with Crippen LogP contribution in [0.2, 0.25) is 0 Å².